The van der Waals surface area contributed by atoms with Crippen molar-refractivity contribution < 1.29 is 39.0 Å². The average molecular weight is 963 g/mol. The van der Waals surface area contributed by atoms with Crippen molar-refractivity contribution in [2.75, 3.05) is 19.8 Å². The van der Waals surface area contributed by atoms with Gasteiger partial charge in [-0.3, -0.25) is 19.9 Å². The van der Waals surface area contributed by atoms with Crippen LogP contribution >= 0.6 is 0 Å². The third-order valence-corrected chi connectivity index (χ3v) is 13.8. The van der Waals surface area contributed by atoms with Crippen LogP contribution in [0.15, 0.2) is 139 Å². The maximum atomic E-state index is 15.5. The second kappa shape index (κ2) is 22.6. The SMILES string of the molecule is C=CCOC12Oc3ccc(OCc4cccc(C)n4)cc3C3C(CCCCO)C(CCCCO)C=C(C(=NOC(C)(C)C)CC1N(Cc1cccc4ccccc14)C(=O)C=Cc1ccc([N+](=O)[O-])cc1)C32. The van der Waals surface area contributed by atoms with E-state index in [2.05, 4.69) is 41.9 Å². The molecule has 1 fully saturated rings. The van der Waals surface area contributed by atoms with Gasteiger partial charge in [-0.15, -0.1) is 6.58 Å². The second-order valence-corrected chi connectivity index (χ2v) is 19.8. The van der Waals surface area contributed by atoms with Crippen LogP contribution in [0, 0.1) is 34.8 Å². The summed E-state index contributed by atoms with van der Waals surface area (Å²) in [5, 5.41) is 38.7. The number of fused-ring (bicyclic) bond motifs is 3. The normalized spacial score (nSPS) is 22.0. The molecule has 2 N–H and O–H groups in total. The van der Waals surface area contributed by atoms with E-state index in [4.69, 9.17) is 24.2 Å². The van der Waals surface area contributed by atoms with Crippen LogP contribution in [0.2, 0.25) is 0 Å². The first-order valence-electron chi connectivity index (χ1n) is 24.8. The van der Waals surface area contributed by atoms with Gasteiger partial charge in [-0.1, -0.05) is 78.7 Å². The number of benzene rings is 4. The van der Waals surface area contributed by atoms with E-state index < -0.39 is 28.3 Å². The molecule has 13 nitrogen and oxygen atoms in total. The lowest BCUT2D eigenvalue weighted by atomic mass is 9.55. The molecule has 6 atom stereocenters. The number of allylic oxidation sites excluding steroid dienone is 1. The highest BCUT2D eigenvalue weighted by Crippen LogP contribution is 2.62. The van der Waals surface area contributed by atoms with E-state index >= 15 is 4.79 Å². The van der Waals surface area contributed by atoms with Gasteiger partial charge in [0, 0.05) is 61.6 Å². The Morgan fingerprint density at radius 3 is 2.45 bits per heavy atom. The number of oxime groups is 1. The Bertz CT molecular complexity index is 2780. The molecule has 1 aliphatic heterocycles. The first kappa shape index (κ1) is 50.7. The second-order valence-electron chi connectivity index (χ2n) is 19.8. The largest absolute Gasteiger partial charge is 0.487 e. The standard InChI is InChI=1S/C58H66N4O9/c1-6-33-69-58-53(61(37-43-19-14-18-41-16-7-8-21-47(41)43)54(65)30-25-40-23-26-45(27-24-40)62(66)67)36-51(60-71-57(3,4)5)49-34-42(17-9-11-31-63)48(22-10-12-32-64)55(56(49)58)50-35-46(28-29-52(50)70-58)68-38-44-20-13-15-39(2)59-44/h6-8,13-16,18-21,23-30,34-35,42,48,53,55-56,63-64H,1,9-12,17,22,31-33,36-38H2,2-5H3. The molecular formula is C58H66N4O9. The van der Waals surface area contributed by atoms with Crippen LogP contribution in [0.3, 0.4) is 0 Å². The number of ether oxygens (including phenoxy) is 3. The number of hydrogen-bond acceptors (Lipinski definition) is 11. The molecule has 0 spiro atoms. The summed E-state index contributed by atoms with van der Waals surface area (Å²) in [6.07, 6.45) is 11.9. The van der Waals surface area contributed by atoms with Crippen molar-refractivity contribution in [1.82, 2.24) is 9.88 Å². The van der Waals surface area contributed by atoms with Crippen LogP contribution in [0.1, 0.15) is 99.7 Å². The van der Waals surface area contributed by atoms with Crippen molar-refractivity contribution in [3.8, 4) is 11.5 Å². The van der Waals surface area contributed by atoms with Gasteiger partial charge in [0.25, 0.3) is 5.69 Å². The number of aliphatic hydroxyl groups is 2. The highest BCUT2D eigenvalue weighted by molar-refractivity contribution is 6.03. The number of nitro benzene ring substituents is 1. The molecule has 1 amide bonds. The molecule has 1 aromatic heterocycles. The van der Waals surface area contributed by atoms with Crippen molar-refractivity contribution in [3.63, 3.8) is 0 Å². The van der Waals surface area contributed by atoms with Crippen molar-refractivity contribution in [3.05, 3.63) is 172 Å². The molecule has 13 heteroatoms. The summed E-state index contributed by atoms with van der Waals surface area (Å²) in [6, 6.07) is 31.2. The molecule has 372 valence electrons. The third kappa shape index (κ3) is 11.6. The van der Waals surface area contributed by atoms with E-state index in [1.807, 2.05) is 87.2 Å². The summed E-state index contributed by atoms with van der Waals surface area (Å²) in [4.78, 5) is 39.4. The summed E-state index contributed by atoms with van der Waals surface area (Å²) in [5.74, 6) is -1.36. The van der Waals surface area contributed by atoms with Gasteiger partial charge >= 0.3 is 0 Å². The van der Waals surface area contributed by atoms with Gasteiger partial charge in [0.15, 0.2) is 0 Å². The topological polar surface area (TPSA) is 166 Å². The van der Waals surface area contributed by atoms with Crippen LogP contribution in [0.5, 0.6) is 11.5 Å². The number of amides is 1. The predicted molar refractivity (Wildman–Crippen MR) is 276 cm³/mol. The zero-order valence-corrected chi connectivity index (χ0v) is 41.2. The fourth-order valence-corrected chi connectivity index (χ4v) is 10.7. The molecule has 5 aromatic rings. The van der Waals surface area contributed by atoms with Crippen LogP contribution in [-0.2, 0) is 27.5 Å². The lowest BCUT2D eigenvalue weighted by Crippen LogP contribution is -2.70. The summed E-state index contributed by atoms with van der Waals surface area (Å²) in [7, 11) is 0. The first-order valence-corrected chi connectivity index (χ1v) is 24.8. The molecule has 3 aliphatic rings. The minimum atomic E-state index is -1.51. The molecule has 2 heterocycles. The maximum Gasteiger partial charge on any atom is 0.269 e. The number of hydrogen-bond donors (Lipinski definition) is 2. The van der Waals surface area contributed by atoms with E-state index in [1.165, 1.54) is 18.2 Å². The number of carbonyl (C=O) groups excluding carboxylic acids is 1. The molecule has 8 rings (SSSR count). The summed E-state index contributed by atoms with van der Waals surface area (Å²) >= 11 is 0. The fraction of sp³-hybridized carbons (Fsp3) is 0.397. The summed E-state index contributed by atoms with van der Waals surface area (Å²) in [5.41, 5.74) is 5.07. The van der Waals surface area contributed by atoms with Gasteiger partial charge in [-0.25, -0.2) is 0 Å². The molecule has 0 bridgehead atoms. The molecule has 0 saturated heterocycles. The molecular weight excluding hydrogens is 897 g/mol. The number of non-ortho nitro benzene ring substituents is 1. The molecule has 2 aliphatic carbocycles. The van der Waals surface area contributed by atoms with Gasteiger partial charge < -0.3 is 34.2 Å². The number of nitrogens with zero attached hydrogens (tertiary/aromatic N) is 4. The van der Waals surface area contributed by atoms with E-state index in [1.54, 1.807) is 24.3 Å². The van der Waals surface area contributed by atoms with Gasteiger partial charge in [0.1, 0.15) is 29.7 Å². The van der Waals surface area contributed by atoms with E-state index in [0.29, 0.717) is 35.6 Å². The Balaban J connectivity index is 1.35. The molecule has 4 aromatic carbocycles. The Kier molecular flexibility index (Phi) is 16.1. The Morgan fingerprint density at radius 2 is 1.72 bits per heavy atom. The van der Waals surface area contributed by atoms with Gasteiger partial charge in [-0.2, -0.15) is 0 Å². The number of aliphatic hydroxyl groups excluding tert-OH is 2. The minimum absolute atomic E-state index is 0.00447. The first-order chi connectivity index (χ1) is 34.3. The van der Waals surface area contributed by atoms with Gasteiger partial charge in [0.05, 0.1) is 28.9 Å². The van der Waals surface area contributed by atoms with Gasteiger partial charge in [-0.05, 0) is 141 Å². The highest BCUT2D eigenvalue weighted by Gasteiger charge is 2.65. The van der Waals surface area contributed by atoms with Crippen molar-refractivity contribution in [1.29, 1.82) is 0 Å². The summed E-state index contributed by atoms with van der Waals surface area (Å²) < 4.78 is 21.3. The lowest BCUT2D eigenvalue weighted by Gasteiger charge is -2.60. The van der Waals surface area contributed by atoms with Crippen molar-refractivity contribution in [2.24, 2.45) is 22.9 Å². The predicted octanol–water partition coefficient (Wildman–Crippen LogP) is 11.2. The number of rotatable bonds is 21. The number of aromatic nitrogens is 1. The number of nitro groups is 1. The maximum absolute atomic E-state index is 15.5. The van der Waals surface area contributed by atoms with E-state index in [9.17, 15) is 20.3 Å². The smallest absolute Gasteiger partial charge is 0.269 e. The Morgan fingerprint density at radius 1 is 0.972 bits per heavy atom. The van der Waals surface area contributed by atoms with Crippen molar-refractivity contribution in [2.45, 2.75) is 109 Å². The van der Waals surface area contributed by atoms with Gasteiger partial charge in [0.2, 0.25) is 11.7 Å². The number of aryl methyl sites for hydroxylation is 1. The quantitative estimate of drug-likeness (QED) is 0.0238. The minimum Gasteiger partial charge on any atom is -0.487 e. The number of pyridine rings is 1. The molecule has 0 radical (unpaired) electrons. The number of carbonyl (C=O) groups is 1. The molecule has 1 saturated carbocycles. The third-order valence-electron chi connectivity index (χ3n) is 13.8. The molecule has 71 heavy (non-hydrogen) atoms. The van der Waals surface area contributed by atoms with Crippen LogP contribution < -0.4 is 9.47 Å². The number of unbranched alkanes of at least 4 members (excludes halogenated alkanes) is 2. The Hall–Kier alpha value is -6.67. The zero-order valence-electron chi connectivity index (χ0n) is 41.2. The van der Waals surface area contributed by atoms with Crippen molar-refractivity contribution >= 4 is 34.2 Å². The van der Waals surface area contributed by atoms with E-state index in [0.717, 1.165) is 64.5 Å². The fourth-order valence-electron chi connectivity index (χ4n) is 10.7. The summed E-state index contributed by atoms with van der Waals surface area (Å²) in [6.45, 7) is 12.6. The Labute approximate surface area is 416 Å². The average Bonchev–Trinajstić information content (AvgIpc) is 3.36. The lowest BCUT2D eigenvalue weighted by molar-refractivity contribution is -0.384. The monoisotopic (exact) mass is 962 g/mol. The van der Waals surface area contributed by atoms with Crippen LogP contribution in [0.25, 0.3) is 16.8 Å². The zero-order chi connectivity index (χ0) is 50.1. The molecule has 6 unspecified atom stereocenters. The van der Waals surface area contributed by atoms with Crippen LogP contribution in [-0.4, -0.2) is 73.9 Å². The van der Waals surface area contributed by atoms with E-state index in [-0.39, 0.29) is 68.7 Å². The highest BCUT2D eigenvalue weighted by atomic mass is 16.7. The van der Waals surface area contributed by atoms with Crippen LogP contribution in [0.4, 0.5) is 5.69 Å².